The van der Waals surface area contributed by atoms with E-state index >= 15 is 0 Å². The number of nitrogens with two attached hydrogens (primary N) is 1. The summed E-state index contributed by atoms with van der Waals surface area (Å²) in [4.78, 5) is 12.5. The number of sulfonamides is 1. The number of thioether (sulfide) groups is 1. The fourth-order valence-corrected chi connectivity index (χ4v) is 4.64. The van der Waals surface area contributed by atoms with E-state index < -0.39 is 10.0 Å². The van der Waals surface area contributed by atoms with E-state index in [9.17, 15) is 17.6 Å². The van der Waals surface area contributed by atoms with Crippen LogP contribution < -0.4 is 10.5 Å². The molecular formula is C21H22FN5O3S2. The van der Waals surface area contributed by atoms with Crippen molar-refractivity contribution in [3.63, 3.8) is 0 Å². The maximum absolute atomic E-state index is 14.3. The normalized spacial score (nSPS) is 14.8. The summed E-state index contributed by atoms with van der Waals surface area (Å²) in [6.45, 7) is 1.80. The SMILES string of the molecule is C[C@H](NC(=O)CSc1nnc(-c2ccccc2F)n1C1CC1)c1ccc(S(N)(=O)=O)cc1. The van der Waals surface area contributed by atoms with E-state index in [1.54, 1.807) is 37.3 Å². The first-order chi connectivity index (χ1) is 15.2. The van der Waals surface area contributed by atoms with Gasteiger partial charge in [0.15, 0.2) is 11.0 Å². The van der Waals surface area contributed by atoms with Gasteiger partial charge >= 0.3 is 0 Å². The quantitative estimate of drug-likeness (QED) is 0.483. The van der Waals surface area contributed by atoms with Gasteiger partial charge in [0.1, 0.15) is 5.82 Å². The van der Waals surface area contributed by atoms with Crippen LogP contribution in [0.2, 0.25) is 0 Å². The van der Waals surface area contributed by atoms with Crippen molar-refractivity contribution in [1.82, 2.24) is 20.1 Å². The monoisotopic (exact) mass is 475 g/mol. The first-order valence-corrected chi connectivity index (χ1v) is 12.5. The van der Waals surface area contributed by atoms with Crippen LogP contribution in [0.15, 0.2) is 58.6 Å². The molecule has 2 aromatic carbocycles. The van der Waals surface area contributed by atoms with E-state index in [1.807, 2.05) is 4.57 Å². The Hall–Kier alpha value is -2.76. The third-order valence-electron chi connectivity index (χ3n) is 5.11. The number of benzene rings is 2. The van der Waals surface area contributed by atoms with Gasteiger partial charge in [0.05, 0.1) is 22.3 Å². The minimum absolute atomic E-state index is 0.0143. The lowest BCUT2D eigenvalue weighted by Crippen LogP contribution is -2.28. The molecule has 168 valence electrons. The molecule has 1 atom stereocenters. The number of hydrogen-bond acceptors (Lipinski definition) is 6. The van der Waals surface area contributed by atoms with Crippen molar-refractivity contribution in [2.75, 3.05) is 5.75 Å². The fraction of sp³-hybridized carbons (Fsp3) is 0.286. The molecule has 1 aliphatic carbocycles. The Morgan fingerprint density at radius 3 is 2.53 bits per heavy atom. The zero-order valence-corrected chi connectivity index (χ0v) is 18.9. The first kappa shape index (κ1) is 22.4. The summed E-state index contributed by atoms with van der Waals surface area (Å²) in [5.74, 6) is 0.00727. The highest BCUT2D eigenvalue weighted by Gasteiger charge is 2.31. The molecular weight excluding hydrogens is 453 g/mol. The summed E-state index contributed by atoms with van der Waals surface area (Å²) < 4.78 is 38.9. The van der Waals surface area contributed by atoms with Crippen molar-refractivity contribution in [2.45, 2.75) is 41.9 Å². The number of halogens is 1. The largest absolute Gasteiger partial charge is 0.349 e. The van der Waals surface area contributed by atoms with Gasteiger partial charge in [-0.25, -0.2) is 17.9 Å². The molecule has 11 heteroatoms. The molecule has 0 saturated heterocycles. The van der Waals surface area contributed by atoms with Crippen molar-refractivity contribution in [3.8, 4) is 11.4 Å². The van der Waals surface area contributed by atoms with E-state index in [0.29, 0.717) is 16.5 Å². The molecule has 32 heavy (non-hydrogen) atoms. The second-order valence-corrected chi connectivity index (χ2v) is 10.1. The third-order valence-corrected chi connectivity index (χ3v) is 6.98. The van der Waals surface area contributed by atoms with Crippen LogP contribution in [0.5, 0.6) is 0 Å². The van der Waals surface area contributed by atoms with E-state index in [4.69, 9.17) is 5.14 Å². The van der Waals surface area contributed by atoms with Gasteiger partial charge in [-0.05, 0) is 49.6 Å². The predicted octanol–water partition coefficient (Wildman–Crippen LogP) is 3.04. The lowest BCUT2D eigenvalue weighted by Gasteiger charge is -2.15. The van der Waals surface area contributed by atoms with E-state index in [-0.39, 0.29) is 34.5 Å². The zero-order valence-electron chi connectivity index (χ0n) is 17.2. The molecule has 1 saturated carbocycles. The van der Waals surface area contributed by atoms with Crippen molar-refractivity contribution >= 4 is 27.7 Å². The van der Waals surface area contributed by atoms with E-state index in [1.165, 1.54) is 30.0 Å². The molecule has 0 unspecified atom stereocenters. The minimum atomic E-state index is -3.76. The standard InChI is InChI=1S/C21H22FN5O3S2/c1-13(14-6-10-16(11-7-14)32(23,29)30)24-19(28)12-31-21-26-25-20(27(21)15-8-9-15)17-4-2-3-5-18(17)22/h2-7,10-11,13,15H,8-9,12H2,1H3,(H,24,28)(H2,23,29,30)/t13-/m0/s1. The van der Waals surface area contributed by atoms with Crippen molar-refractivity contribution in [2.24, 2.45) is 5.14 Å². The lowest BCUT2D eigenvalue weighted by molar-refractivity contribution is -0.119. The van der Waals surface area contributed by atoms with Crippen LogP contribution >= 0.6 is 11.8 Å². The smallest absolute Gasteiger partial charge is 0.238 e. The van der Waals surface area contributed by atoms with Gasteiger partial charge in [-0.2, -0.15) is 0 Å². The number of nitrogens with zero attached hydrogens (tertiary/aromatic N) is 3. The topological polar surface area (TPSA) is 120 Å². The van der Waals surface area contributed by atoms with Gasteiger partial charge in [-0.1, -0.05) is 36.0 Å². The lowest BCUT2D eigenvalue weighted by atomic mass is 10.1. The van der Waals surface area contributed by atoms with Crippen LogP contribution in [0.1, 0.15) is 37.4 Å². The number of rotatable bonds is 8. The molecule has 1 fully saturated rings. The van der Waals surface area contributed by atoms with Gasteiger partial charge in [-0.15, -0.1) is 10.2 Å². The second kappa shape index (κ2) is 9.00. The predicted molar refractivity (Wildman–Crippen MR) is 119 cm³/mol. The third kappa shape index (κ3) is 5.00. The maximum atomic E-state index is 14.3. The number of carbonyl (C=O) groups is 1. The van der Waals surface area contributed by atoms with Crippen LogP contribution in [-0.4, -0.2) is 34.8 Å². The second-order valence-electron chi connectivity index (χ2n) is 7.58. The molecule has 3 aromatic rings. The zero-order chi connectivity index (χ0) is 22.9. The Morgan fingerprint density at radius 2 is 1.91 bits per heavy atom. The molecule has 1 aromatic heterocycles. The molecule has 1 amide bonds. The average Bonchev–Trinajstić information content (AvgIpc) is 3.51. The number of aromatic nitrogens is 3. The Morgan fingerprint density at radius 1 is 1.22 bits per heavy atom. The highest BCUT2D eigenvalue weighted by molar-refractivity contribution is 7.99. The van der Waals surface area contributed by atoms with Crippen LogP contribution in [0, 0.1) is 5.82 Å². The van der Waals surface area contributed by atoms with Gasteiger partial charge in [-0.3, -0.25) is 9.36 Å². The van der Waals surface area contributed by atoms with Gasteiger partial charge < -0.3 is 5.32 Å². The van der Waals surface area contributed by atoms with Crippen LogP contribution in [-0.2, 0) is 14.8 Å². The molecule has 0 radical (unpaired) electrons. The Bertz CT molecular complexity index is 1240. The highest BCUT2D eigenvalue weighted by Crippen LogP contribution is 2.41. The molecule has 1 heterocycles. The van der Waals surface area contributed by atoms with Crippen LogP contribution in [0.3, 0.4) is 0 Å². The molecule has 0 aliphatic heterocycles. The van der Waals surface area contributed by atoms with Gasteiger partial charge in [0, 0.05) is 6.04 Å². The van der Waals surface area contributed by atoms with Crippen molar-refractivity contribution in [1.29, 1.82) is 0 Å². The average molecular weight is 476 g/mol. The summed E-state index contributed by atoms with van der Waals surface area (Å²) in [5.41, 5.74) is 1.14. The Balaban J connectivity index is 1.42. The van der Waals surface area contributed by atoms with Gasteiger partial charge in [0.25, 0.3) is 0 Å². The number of nitrogens with one attached hydrogen (secondary N) is 1. The fourth-order valence-electron chi connectivity index (χ4n) is 3.31. The first-order valence-electron chi connectivity index (χ1n) is 9.99. The number of carbonyl (C=O) groups excluding carboxylic acids is 1. The maximum Gasteiger partial charge on any atom is 0.238 e. The van der Waals surface area contributed by atoms with Crippen molar-refractivity contribution in [3.05, 3.63) is 59.9 Å². The molecule has 3 N–H and O–H groups in total. The van der Waals surface area contributed by atoms with Crippen molar-refractivity contribution < 1.29 is 17.6 Å². The number of primary sulfonamides is 1. The Kier molecular flexibility index (Phi) is 6.31. The molecule has 0 spiro atoms. The molecule has 8 nitrogen and oxygen atoms in total. The highest BCUT2D eigenvalue weighted by atomic mass is 32.2. The summed E-state index contributed by atoms with van der Waals surface area (Å²) in [5, 5.41) is 16.9. The summed E-state index contributed by atoms with van der Waals surface area (Å²) >= 11 is 1.25. The number of hydrogen-bond donors (Lipinski definition) is 2. The molecule has 4 rings (SSSR count). The van der Waals surface area contributed by atoms with Crippen LogP contribution in [0.25, 0.3) is 11.4 Å². The summed E-state index contributed by atoms with van der Waals surface area (Å²) in [7, 11) is -3.76. The van der Waals surface area contributed by atoms with E-state index in [0.717, 1.165) is 18.4 Å². The summed E-state index contributed by atoms with van der Waals surface area (Å²) in [6, 6.07) is 12.4. The van der Waals surface area contributed by atoms with Gasteiger partial charge in [0.2, 0.25) is 15.9 Å². The van der Waals surface area contributed by atoms with E-state index in [2.05, 4.69) is 15.5 Å². The molecule has 0 bridgehead atoms. The Labute approximate surface area is 189 Å². The molecule has 1 aliphatic rings. The van der Waals surface area contributed by atoms with Crippen LogP contribution in [0.4, 0.5) is 4.39 Å². The minimum Gasteiger partial charge on any atom is -0.349 e. The number of amides is 1. The summed E-state index contributed by atoms with van der Waals surface area (Å²) in [6.07, 6.45) is 1.93.